The van der Waals surface area contributed by atoms with Crippen molar-refractivity contribution in [3.05, 3.63) is 41.9 Å². The van der Waals surface area contributed by atoms with Crippen LogP contribution in [0.1, 0.15) is 0 Å². The van der Waals surface area contributed by atoms with Crippen molar-refractivity contribution in [3.63, 3.8) is 0 Å². The Hall–Kier alpha value is -2.14. The van der Waals surface area contributed by atoms with E-state index < -0.39 is 0 Å². The van der Waals surface area contributed by atoms with Gasteiger partial charge in [-0.1, -0.05) is 17.7 Å². The van der Waals surface area contributed by atoms with Crippen molar-refractivity contribution in [2.45, 2.75) is 0 Å². The number of rotatable bonds is 1. The molecule has 0 atom stereocenters. The zero-order chi connectivity index (χ0) is 11.7. The highest BCUT2D eigenvalue weighted by Crippen LogP contribution is 2.23. The number of halogens is 1. The van der Waals surface area contributed by atoms with Crippen LogP contribution >= 0.6 is 11.6 Å². The molecule has 0 radical (unpaired) electrons. The third kappa shape index (κ3) is 1.81. The molecule has 3 aromatic heterocycles. The van der Waals surface area contributed by atoms with E-state index in [0.29, 0.717) is 22.7 Å². The molecular formula is C11H6ClN5. The van der Waals surface area contributed by atoms with E-state index >= 15 is 0 Å². The molecule has 0 amide bonds. The molecule has 82 valence electrons. The lowest BCUT2D eigenvalue weighted by atomic mass is 10.3. The number of hydrogen-bond acceptors (Lipinski definition) is 5. The maximum absolute atomic E-state index is 6.06. The summed E-state index contributed by atoms with van der Waals surface area (Å²) in [7, 11) is 0. The van der Waals surface area contributed by atoms with Crippen LogP contribution in [0.4, 0.5) is 0 Å². The molecule has 0 aliphatic rings. The van der Waals surface area contributed by atoms with E-state index in [-0.39, 0.29) is 5.15 Å². The fourth-order valence-corrected chi connectivity index (χ4v) is 1.66. The molecule has 17 heavy (non-hydrogen) atoms. The van der Waals surface area contributed by atoms with E-state index in [4.69, 9.17) is 11.6 Å². The lowest BCUT2D eigenvalue weighted by Crippen LogP contribution is -1.95. The number of nitrogens with zero attached hydrogens (tertiary/aromatic N) is 5. The van der Waals surface area contributed by atoms with Gasteiger partial charge in [-0.25, -0.2) is 19.9 Å². The standard InChI is InChI=1S/C11H6ClN5/c12-9-8(7-3-1-2-4-13-7)16-10-11(17-9)15-6-5-14-10/h1-6H. The van der Waals surface area contributed by atoms with Crippen molar-refractivity contribution in [1.82, 2.24) is 24.9 Å². The molecule has 0 saturated carbocycles. The highest BCUT2D eigenvalue weighted by Gasteiger charge is 2.10. The summed E-state index contributed by atoms with van der Waals surface area (Å²) in [6.45, 7) is 0. The van der Waals surface area contributed by atoms with Gasteiger partial charge in [0.15, 0.2) is 16.4 Å². The van der Waals surface area contributed by atoms with Crippen molar-refractivity contribution < 1.29 is 0 Å². The van der Waals surface area contributed by atoms with Gasteiger partial charge in [-0.3, -0.25) is 4.98 Å². The third-order valence-electron chi connectivity index (χ3n) is 2.18. The van der Waals surface area contributed by atoms with E-state index in [2.05, 4.69) is 24.9 Å². The largest absolute Gasteiger partial charge is 0.254 e. The molecule has 0 fully saturated rings. The summed E-state index contributed by atoms with van der Waals surface area (Å²) in [5, 5.41) is 0.275. The van der Waals surface area contributed by atoms with Crippen molar-refractivity contribution in [1.29, 1.82) is 0 Å². The van der Waals surface area contributed by atoms with Crippen molar-refractivity contribution in [2.24, 2.45) is 0 Å². The predicted molar refractivity (Wildman–Crippen MR) is 63.4 cm³/mol. The van der Waals surface area contributed by atoms with Gasteiger partial charge in [0.2, 0.25) is 0 Å². The second-order valence-electron chi connectivity index (χ2n) is 3.28. The molecule has 5 nitrogen and oxygen atoms in total. The molecule has 0 bridgehead atoms. The molecule has 0 aliphatic heterocycles. The van der Waals surface area contributed by atoms with Crippen molar-refractivity contribution in [2.75, 3.05) is 0 Å². The third-order valence-corrected chi connectivity index (χ3v) is 2.45. The molecule has 3 rings (SSSR count). The van der Waals surface area contributed by atoms with E-state index in [0.717, 1.165) is 0 Å². The first-order valence-corrected chi connectivity index (χ1v) is 5.28. The van der Waals surface area contributed by atoms with Crippen LogP contribution in [0, 0.1) is 0 Å². The van der Waals surface area contributed by atoms with Gasteiger partial charge < -0.3 is 0 Å². The molecule has 0 aliphatic carbocycles. The summed E-state index contributed by atoms with van der Waals surface area (Å²) in [4.78, 5) is 20.8. The Bertz CT molecular complexity index is 671. The summed E-state index contributed by atoms with van der Waals surface area (Å²) in [6, 6.07) is 5.50. The Morgan fingerprint density at radius 3 is 2.29 bits per heavy atom. The van der Waals surface area contributed by atoms with Crippen LogP contribution in [-0.4, -0.2) is 24.9 Å². The van der Waals surface area contributed by atoms with Crippen LogP contribution in [0.15, 0.2) is 36.8 Å². The first kappa shape index (κ1) is 10.0. The summed E-state index contributed by atoms with van der Waals surface area (Å²) in [5.41, 5.74) is 2.06. The van der Waals surface area contributed by atoms with Gasteiger partial charge in [-0.15, -0.1) is 0 Å². The van der Waals surface area contributed by atoms with Crippen LogP contribution in [0.5, 0.6) is 0 Å². The molecule has 3 aromatic rings. The Balaban J connectivity index is 2.27. The molecule has 6 heteroatoms. The monoisotopic (exact) mass is 243 g/mol. The fourth-order valence-electron chi connectivity index (χ4n) is 1.44. The van der Waals surface area contributed by atoms with Crippen LogP contribution in [0.2, 0.25) is 5.15 Å². The molecule has 0 saturated heterocycles. The van der Waals surface area contributed by atoms with Gasteiger partial charge in [0.1, 0.15) is 5.69 Å². The van der Waals surface area contributed by atoms with Gasteiger partial charge in [-0.05, 0) is 12.1 Å². The predicted octanol–water partition coefficient (Wildman–Crippen LogP) is 2.14. The van der Waals surface area contributed by atoms with Crippen molar-refractivity contribution >= 4 is 22.9 Å². The molecule has 3 heterocycles. The Morgan fingerprint density at radius 2 is 1.59 bits per heavy atom. The van der Waals surface area contributed by atoms with Crippen molar-refractivity contribution in [3.8, 4) is 11.4 Å². The number of fused-ring (bicyclic) bond motifs is 1. The quantitative estimate of drug-likeness (QED) is 0.655. The summed E-state index contributed by atoms with van der Waals surface area (Å²) < 4.78 is 0. The Morgan fingerprint density at radius 1 is 0.824 bits per heavy atom. The maximum atomic E-state index is 6.06. The van der Waals surface area contributed by atoms with Gasteiger partial charge in [0.25, 0.3) is 0 Å². The second-order valence-corrected chi connectivity index (χ2v) is 3.64. The summed E-state index contributed by atoms with van der Waals surface area (Å²) >= 11 is 6.06. The van der Waals surface area contributed by atoms with Crippen LogP contribution in [0.3, 0.4) is 0 Å². The van der Waals surface area contributed by atoms with E-state index in [1.807, 2.05) is 18.2 Å². The molecule has 0 spiro atoms. The minimum Gasteiger partial charge on any atom is -0.254 e. The molecular weight excluding hydrogens is 238 g/mol. The minimum absolute atomic E-state index is 0.275. The molecule has 0 N–H and O–H groups in total. The average Bonchev–Trinajstić information content (AvgIpc) is 2.39. The highest BCUT2D eigenvalue weighted by molar-refractivity contribution is 6.32. The summed E-state index contributed by atoms with van der Waals surface area (Å²) in [5.74, 6) is 0. The lowest BCUT2D eigenvalue weighted by Gasteiger charge is -2.02. The van der Waals surface area contributed by atoms with Gasteiger partial charge >= 0.3 is 0 Å². The lowest BCUT2D eigenvalue weighted by molar-refractivity contribution is 1.15. The smallest absolute Gasteiger partial charge is 0.199 e. The average molecular weight is 244 g/mol. The zero-order valence-electron chi connectivity index (χ0n) is 8.58. The van der Waals surface area contributed by atoms with Crippen LogP contribution in [-0.2, 0) is 0 Å². The van der Waals surface area contributed by atoms with Crippen LogP contribution in [0.25, 0.3) is 22.7 Å². The second kappa shape index (κ2) is 4.03. The number of pyridine rings is 1. The first-order chi connectivity index (χ1) is 8.34. The Labute approximate surface area is 102 Å². The molecule has 0 aromatic carbocycles. The van der Waals surface area contributed by atoms with Gasteiger partial charge in [0.05, 0.1) is 5.69 Å². The normalized spacial score (nSPS) is 10.6. The maximum Gasteiger partial charge on any atom is 0.199 e. The topological polar surface area (TPSA) is 64.5 Å². The van der Waals surface area contributed by atoms with E-state index in [1.54, 1.807) is 18.6 Å². The SMILES string of the molecule is Clc1nc2nccnc2nc1-c1ccccn1. The summed E-state index contributed by atoms with van der Waals surface area (Å²) in [6.07, 6.45) is 4.79. The fraction of sp³-hybridized carbons (Fsp3) is 0. The molecule has 0 unspecified atom stereocenters. The number of hydrogen-bond donors (Lipinski definition) is 0. The van der Waals surface area contributed by atoms with E-state index in [1.165, 1.54) is 0 Å². The van der Waals surface area contributed by atoms with Crippen LogP contribution < -0.4 is 0 Å². The minimum atomic E-state index is 0.275. The van der Waals surface area contributed by atoms with E-state index in [9.17, 15) is 0 Å². The van der Waals surface area contributed by atoms with Gasteiger partial charge in [-0.2, -0.15) is 0 Å². The number of aromatic nitrogens is 5. The zero-order valence-corrected chi connectivity index (χ0v) is 9.33. The highest BCUT2D eigenvalue weighted by atomic mass is 35.5. The first-order valence-electron chi connectivity index (χ1n) is 4.90. The Kier molecular flexibility index (Phi) is 2.38. The van der Waals surface area contributed by atoms with Gasteiger partial charge in [0, 0.05) is 18.6 Å².